The molecule has 0 saturated carbocycles. The molecule has 2 N–H and O–H groups in total. The molecule has 1 amide bonds. The van der Waals surface area contributed by atoms with E-state index in [-0.39, 0.29) is 11.5 Å². The number of aryl methyl sites for hydroxylation is 1. The van der Waals surface area contributed by atoms with Crippen LogP contribution in [0.1, 0.15) is 36.4 Å². The second-order valence-electron chi connectivity index (χ2n) is 4.29. The van der Waals surface area contributed by atoms with Crippen LogP contribution in [0.4, 0.5) is 0 Å². The van der Waals surface area contributed by atoms with Crippen molar-refractivity contribution in [1.82, 2.24) is 10.5 Å². The summed E-state index contributed by atoms with van der Waals surface area (Å²) in [4.78, 5) is 22.7. The quantitative estimate of drug-likeness (QED) is 0.807. The van der Waals surface area contributed by atoms with Gasteiger partial charge in [-0.3, -0.25) is 4.79 Å². The highest BCUT2D eigenvalue weighted by Crippen LogP contribution is 2.09. The van der Waals surface area contributed by atoms with E-state index < -0.39 is 17.9 Å². The molecule has 0 radical (unpaired) electrons. The molecule has 0 spiro atoms. The Hall–Kier alpha value is -1.85. The molecular weight excluding hydrogens is 224 g/mol. The van der Waals surface area contributed by atoms with Crippen molar-refractivity contribution in [3.63, 3.8) is 0 Å². The summed E-state index contributed by atoms with van der Waals surface area (Å²) in [7, 11) is 0. The molecular formula is C11H16N2O4. The number of rotatable bonds is 5. The van der Waals surface area contributed by atoms with Gasteiger partial charge in [-0.2, -0.15) is 0 Å². The molecule has 1 aromatic heterocycles. The van der Waals surface area contributed by atoms with Crippen LogP contribution in [0.3, 0.4) is 0 Å². The van der Waals surface area contributed by atoms with Crippen LogP contribution in [0, 0.1) is 12.8 Å². The summed E-state index contributed by atoms with van der Waals surface area (Å²) in [5.74, 6) is -0.964. The molecule has 94 valence electrons. The summed E-state index contributed by atoms with van der Waals surface area (Å²) < 4.78 is 4.75. The van der Waals surface area contributed by atoms with Gasteiger partial charge in [-0.25, -0.2) is 4.79 Å². The minimum Gasteiger partial charge on any atom is -0.480 e. The van der Waals surface area contributed by atoms with Crippen molar-refractivity contribution < 1.29 is 19.2 Å². The minimum atomic E-state index is -1.04. The number of carboxylic acid groups (broad SMARTS) is 1. The number of nitrogens with zero attached hydrogens (tertiary/aromatic N) is 1. The zero-order valence-electron chi connectivity index (χ0n) is 10.1. The third kappa shape index (κ3) is 3.58. The first-order chi connectivity index (χ1) is 7.91. The lowest BCUT2D eigenvalue weighted by atomic mass is 10.0. The number of carbonyl (C=O) groups is 2. The predicted molar refractivity (Wildman–Crippen MR) is 59.6 cm³/mol. The van der Waals surface area contributed by atoms with Gasteiger partial charge in [0.25, 0.3) is 5.91 Å². The third-order valence-corrected chi connectivity index (χ3v) is 2.31. The van der Waals surface area contributed by atoms with Crippen molar-refractivity contribution in [2.24, 2.45) is 5.92 Å². The van der Waals surface area contributed by atoms with Gasteiger partial charge in [-0.15, -0.1) is 0 Å². The lowest BCUT2D eigenvalue weighted by Gasteiger charge is -2.15. The van der Waals surface area contributed by atoms with Gasteiger partial charge in [0.05, 0.1) is 6.20 Å². The Balaban J connectivity index is 2.71. The first kappa shape index (κ1) is 13.2. The molecule has 1 atom stereocenters. The predicted octanol–water partition coefficient (Wildman–Crippen LogP) is 1.21. The normalized spacial score (nSPS) is 12.5. The van der Waals surface area contributed by atoms with Crippen molar-refractivity contribution in [3.05, 3.63) is 17.5 Å². The molecule has 0 aromatic carbocycles. The van der Waals surface area contributed by atoms with Crippen LogP contribution in [0.25, 0.3) is 0 Å². The Bertz CT molecular complexity index is 411. The second kappa shape index (κ2) is 5.47. The van der Waals surface area contributed by atoms with Gasteiger partial charge in [0.2, 0.25) is 0 Å². The fourth-order valence-electron chi connectivity index (χ4n) is 1.45. The zero-order chi connectivity index (χ0) is 13.0. The van der Waals surface area contributed by atoms with Gasteiger partial charge in [-0.1, -0.05) is 19.0 Å². The number of nitrogens with one attached hydrogen (secondary N) is 1. The Kier molecular flexibility index (Phi) is 4.25. The number of aliphatic carboxylic acids is 1. The Labute approximate surface area is 99.0 Å². The zero-order valence-corrected chi connectivity index (χ0v) is 10.1. The van der Waals surface area contributed by atoms with Crippen molar-refractivity contribution in [3.8, 4) is 0 Å². The van der Waals surface area contributed by atoms with Crippen LogP contribution in [-0.4, -0.2) is 28.2 Å². The highest BCUT2D eigenvalue weighted by atomic mass is 16.5. The van der Waals surface area contributed by atoms with Crippen molar-refractivity contribution >= 4 is 11.9 Å². The third-order valence-electron chi connectivity index (χ3n) is 2.31. The van der Waals surface area contributed by atoms with Gasteiger partial charge in [-0.05, 0) is 19.3 Å². The van der Waals surface area contributed by atoms with E-state index >= 15 is 0 Å². The molecule has 1 aromatic rings. The molecule has 1 rings (SSSR count). The molecule has 0 saturated heterocycles. The highest BCUT2D eigenvalue weighted by molar-refractivity contribution is 5.97. The minimum absolute atomic E-state index is 0.181. The smallest absolute Gasteiger partial charge is 0.326 e. The summed E-state index contributed by atoms with van der Waals surface area (Å²) in [6.45, 7) is 5.39. The van der Waals surface area contributed by atoms with E-state index in [4.69, 9.17) is 9.63 Å². The molecule has 0 bridgehead atoms. The summed E-state index contributed by atoms with van der Waals surface area (Å²) in [5, 5.41) is 14.9. The molecule has 6 heteroatoms. The lowest BCUT2D eigenvalue weighted by Crippen LogP contribution is -2.41. The van der Waals surface area contributed by atoms with Crippen LogP contribution in [0.5, 0.6) is 0 Å². The second-order valence-corrected chi connectivity index (χ2v) is 4.29. The number of hydrogen-bond donors (Lipinski definition) is 2. The fraction of sp³-hybridized carbons (Fsp3) is 0.545. The summed E-state index contributed by atoms with van der Waals surface area (Å²) in [6.07, 6.45) is 1.66. The van der Waals surface area contributed by atoms with Crippen molar-refractivity contribution in [2.45, 2.75) is 33.2 Å². The van der Waals surface area contributed by atoms with Crippen LogP contribution in [0.15, 0.2) is 10.7 Å². The first-order valence-electron chi connectivity index (χ1n) is 5.36. The van der Waals surface area contributed by atoms with E-state index in [0.29, 0.717) is 12.2 Å². The SMILES string of the molecule is Cc1oncc1C(=O)N[C@H](CC(C)C)C(=O)O. The Morgan fingerprint density at radius 3 is 2.59 bits per heavy atom. The monoisotopic (exact) mass is 240 g/mol. The molecule has 0 aliphatic carbocycles. The first-order valence-corrected chi connectivity index (χ1v) is 5.36. The van der Waals surface area contributed by atoms with Gasteiger partial charge >= 0.3 is 5.97 Å². The number of carbonyl (C=O) groups excluding carboxylic acids is 1. The van der Waals surface area contributed by atoms with Gasteiger partial charge in [0.1, 0.15) is 17.4 Å². The Morgan fingerprint density at radius 2 is 2.18 bits per heavy atom. The van der Waals surface area contributed by atoms with Crippen molar-refractivity contribution in [2.75, 3.05) is 0 Å². The van der Waals surface area contributed by atoms with Crippen molar-refractivity contribution in [1.29, 1.82) is 0 Å². The summed E-state index contributed by atoms with van der Waals surface area (Å²) in [5.41, 5.74) is 0.264. The van der Waals surface area contributed by atoms with Crippen LogP contribution in [-0.2, 0) is 4.79 Å². The van der Waals surface area contributed by atoms with Crippen LogP contribution >= 0.6 is 0 Å². The average Bonchev–Trinajstić information content (AvgIpc) is 2.62. The fourth-order valence-corrected chi connectivity index (χ4v) is 1.45. The van der Waals surface area contributed by atoms with E-state index in [1.54, 1.807) is 6.92 Å². The molecule has 6 nitrogen and oxygen atoms in total. The van der Waals surface area contributed by atoms with Crippen LogP contribution < -0.4 is 5.32 Å². The molecule has 0 aliphatic rings. The topological polar surface area (TPSA) is 92.4 Å². The largest absolute Gasteiger partial charge is 0.480 e. The number of carboxylic acids is 1. The summed E-state index contributed by atoms with van der Waals surface area (Å²) in [6, 6.07) is -0.892. The number of amides is 1. The van der Waals surface area contributed by atoms with E-state index in [9.17, 15) is 9.59 Å². The highest BCUT2D eigenvalue weighted by Gasteiger charge is 2.23. The standard InChI is InChI=1S/C11H16N2O4/c1-6(2)4-9(11(15)16)13-10(14)8-5-12-17-7(8)3/h5-6,9H,4H2,1-3H3,(H,13,14)(H,15,16)/t9-/m1/s1. The number of hydrogen-bond acceptors (Lipinski definition) is 4. The van der Waals surface area contributed by atoms with Gasteiger partial charge < -0.3 is 14.9 Å². The van der Waals surface area contributed by atoms with E-state index in [2.05, 4.69) is 10.5 Å². The van der Waals surface area contributed by atoms with E-state index in [1.165, 1.54) is 6.20 Å². The molecule has 0 aliphatic heterocycles. The van der Waals surface area contributed by atoms with Gasteiger partial charge in [0.15, 0.2) is 0 Å². The molecule has 0 unspecified atom stereocenters. The lowest BCUT2D eigenvalue weighted by molar-refractivity contribution is -0.139. The van der Waals surface area contributed by atoms with E-state index in [1.807, 2.05) is 13.8 Å². The molecule has 17 heavy (non-hydrogen) atoms. The molecule has 0 fully saturated rings. The Morgan fingerprint density at radius 1 is 1.53 bits per heavy atom. The van der Waals surface area contributed by atoms with Gasteiger partial charge in [0, 0.05) is 0 Å². The number of aromatic nitrogens is 1. The summed E-state index contributed by atoms with van der Waals surface area (Å²) >= 11 is 0. The maximum atomic E-state index is 11.7. The molecule has 1 heterocycles. The van der Waals surface area contributed by atoms with E-state index in [0.717, 1.165) is 0 Å². The maximum absolute atomic E-state index is 11.7. The van der Waals surface area contributed by atoms with Crippen LogP contribution in [0.2, 0.25) is 0 Å². The maximum Gasteiger partial charge on any atom is 0.326 e. The average molecular weight is 240 g/mol.